The Balaban J connectivity index is 2.31. The molecule has 0 fully saturated rings. The Morgan fingerprint density at radius 3 is 2.64 bits per heavy atom. The molecule has 0 atom stereocenters. The van der Waals surface area contributed by atoms with Gasteiger partial charge in [0.25, 0.3) is 0 Å². The monoisotopic (exact) mass is 318 g/mol. The Morgan fingerprint density at radius 1 is 1.27 bits per heavy atom. The predicted octanol–water partition coefficient (Wildman–Crippen LogP) is 3.09. The largest absolute Gasteiger partial charge is 0.493 e. The van der Waals surface area contributed by atoms with Gasteiger partial charge < -0.3 is 14.6 Å². The molecule has 6 nitrogen and oxygen atoms in total. The van der Waals surface area contributed by atoms with Crippen molar-refractivity contribution < 1.29 is 19.4 Å². The van der Waals surface area contributed by atoms with Crippen LogP contribution in [0.5, 0.6) is 11.5 Å². The fraction of sp³-hybridized carbons (Fsp3) is 0.200. The van der Waals surface area contributed by atoms with Crippen molar-refractivity contribution in [2.24, 2.45) is 0 Å². The summed E-state index contributed by atoms with van der Waals surface area (Å²) in [7, 11) is 3.11. The molecule has 0 aliphatic heterocycles. The molecule has 0 unspecified atom stereocenters. The minimum absolute atomic E-state index is 0.249. The Morgan fingerprint density at radius 2 is 2.00 bits per heavy atom. The number of methoxy groups -OCH3 is 2. The molecule has 0 aliphatic carbocycles. The maximum absolute atomic E-state index is 11.6. The first kappa shape index (κ1) is 14.4. The second-order valence-electron chi connectivity index (χ2n) is 4.67. The van der Waals surface area contributed by atoms with E-state index in [1.165, 1.54) is 0 Å². The van der Waals surface area contributed by atoms with Crippen LogP contribution in [0.15, 0.2) is 24.4 Å². The molecule has 0 bridgehead atoms. The average Bonchev–Trinajstić information content (AvgIpc) is 3.07. The van der Waals surface area contributed by atoms with E-state index in [1.807, 2.05) is 17.4 Å². The average molecular weight is 318 g/mol. The molecular formula is C15H14N2O4S. The molecule has 2 aromatic heterocycles. The molecule has 0 spiro atoms. The van der Waals surface area contributed by atoms with E-state index in [-0.39, 0.29) is 4.88 Å². The number of carboxylic acids is 1. The third kappa shape index (κ3) is 2.10. The molecule has 0 aliphatic rings. The van der Waals surface area contributed by atoms with Crippen LogP contribution in [0.4, 0.5) is 0 Å². The summed E-state index contributed by atoms with van der Waals surface area (Å²) in [6.45, 7) is 1.89. The van der Waals surface area contributed by atoms with E-state index < -0.39 is 5.97 Å². The van der Waals surface area contributed by atoms with E-state index in [0.717, 1.165) is 22.6 Å². The number of aromatic carboxylic acids is 1. The standard InChI is InChI=1S/C15H14N2O4S/c1-8-7-16-15-17(8)12(13(22-15)14(18)19)9-4-5-10(20-2)11(6-9)21-3/h4-7H,1-3H3,(H,18,19). The van der Waals surface area contributed by atoms with Crippen LogP contribution in [0.2, 0.25) is 0 Å². The molecule has 1 aromatic carbocycles. The zero-order valence-corrected chi connectivity index (χ0v) is 13.1. The number of hydrogen-bond acceptors (Lipinski definition) is 5. The van der Waals surface area contributed by atoms with Crippen molar-refractivity contribution in [2.75, 3.05) is 14.2 Å². The highest BCUT2D eigenvalue weighted by Crippen LogP contribution is 2.37. The van der Waals surface area contributed by atoms with Crippen LogP contribution >= 0.6 is 11.3 Å². The topological polar surface area (TPSA) is 73.1 Å². The van der Waals surface area contributed by atoms with E-state index in [0.29, 0.717) is 22.2 Å². The van der Waals surface area contributed by atoms with E-state index in [1.54, 1.807) is 32.5 Å². The second-order valence-corrected chi connectivity index (χ2v) is 5.65. The van der Waals surface area contributed by atoms with Gasteiger partial charge in [-0.05, 0) is 25.1 Å². The minimum Gasteiger partial charge on any atom is -0.493 e. The van der Waals surface area contributed by atoms with Crippen molar-refractivity contribution in [1.82, 2.24) is 9.38 Å². The normalized spacial score (nSPS) is 10.9. The molecule has 22 heavy (non-hydrogen) atoms. The van der Waals surface area contributed by atoms with Gasteiger partial charge in [0.05, 0.1) is 19.9 Å². The van der Waals surface area contributed by atoms with Crippen molar-refractivity contribution >= 4 is 22.3 Å². The number of benzene rings is 1. The summed E-state index contributed by atoms with van der Waals surface area (Å²) in [5, 5.41) is 9.48. The molecule has 0 saturated carbocycles. The zero-order chi connectivity index (χ0) is 15.9. The maximum atomic E-state index is 11.6. The lowest BCUT2D eigenvalue weighted by molar-refractivity contribution is 0.0702. The summed E-state index contributed by atoms with van der Waals surface area (Å²) in [6.07, 6.45) is 1.72. The third-order valence-electron chi connectivity index (χ3n) is 3.39. The lowest BCUT2D eigenvalue weighted by Gasteiger charge is -2.10. The van der Waals surface area contributed by atoms with Gasteiger partial charge >= 0.3 is 5.97 Å². The number of rotatable bonds is 4. The van der Waals surface area contributed by atoms with Gasteiger partial charge in [-0.15, -0.1) is 0 Å². The van der Waals surface area contributed by atoms with Crippen LogP contribution in [-0.2, 0) is 0 Å². The summed E-state index contributed by atoms with van der Waals surface area (Å²) < 4.78 is 12.4. The lowest BCUT2D eigenvalue weighted by atomic mass is 10.1. The highest BCUT2D eigenvalue weighted by molar-refractivity contribution is 7.19. The highest BCUT2D eigenvalue weighted by atomic mass is 32.1. The molecule has 0 amide bonds. The molecule has 3 aromatic rings. The van der Waals surface area contributed by atoms with Gasteiger partial charge in [-0.25, -0.2) is 9.78 Å². The molecule has 3 rings (SSSR count). The predicted molar refractivity (Wildman–Crippen MR) is 83.3 cm³/mol. The molecule has 0 radical (unpaired) electrons. The van der Waals surface area contributed by atoms with Crippen LogP contribution in [0.25, 0.3) is 16.2 Å². The summed E-state index contributed by atoms with van der Waals surface area (Å²) >= 11 is 1.15. The van der Waals surface area contributed by atoms with Crippen LogP contribution < -0.4 is 9.47 Å². The van der Waals surface area contributed by atoms with E-state index in [4.69, 9.17) is 9.47 Å². The summed E-state index contributed by atoms with van der Waals surface area (Å²) in [5.41, 5.74) is 2.22. The van der Waals surface area contributed by atoms with Crippen molar-refractivity contribution in [2.45, 2.75) is 6.92 Å². The van der Waals surface area contributed by atoms with Crippen molar-refractivity contribution in [3.63, 3.8) is 0 Å². The number of fused-ring (bicyclic) bond motifs is 1. The molecular weight excluding hydrogens is 304 g/mol. The van der Waals surface area contributed by atoms with Gasteiger partial charge in [-0.3, -0.25) is 4.40 Å². The van der Waals surface area contributed by atoms with Gasteiger partial charge in [-0.2, -0.15) is 0 Å². The molecule has 114 valence electrons. The summed E-state index contributed by atoms with van der Waals surface area (Å²) in [4.78, 5) is 16.7. The summed E-state index contributed by atoms with van der Waals surface area (Å²) in [5.74, 6) is 0.171. The van der Waals surface area contributed by atoms with E-state index in [9.17, 15) is 9.90 Å². The highest BCUT2D eigenvalue weighted by Gasteiger charge is 2.22. The van der Waals surface area contributed by atoms with Gasteiger partial charge in [0.15, 0.2) is 16.5 Å². The number of imidazole rings is 1. The molecule has 0 saturated heterocycles. The number of aryl methyl sites for hydroxylation is 1. The Hall–Kier alpha value is -2.54. The van der Waals surface area contributed by atoms with Crippen LogP contribution in [0.3, 0.4) is 0 Å². The van der Waals surface area contributed by atoms with Gasteiger partial charge in [0.2, 0.25) is 0 Å². The third-order valence-corrected chi connectivity index (χ3v) is 4.43. The number of hydrogen-bond donors (Lipinski definition) is 1. The van der Waals surface area contributed by atoms with Gasteiger partial charge in [-0.1, -0.05) is 11.3 Å². The molecule has 2 heterocycles. The van der Waals surface area contributed by atoms with Crippen molar-refractivity contribution in [3.8, 4) is 22.8 Å². The summed E-state index contributed by atoms with van der Waals surface area (Å²) in [6, 6.07) is 5.34. The van der Waals surface area contributed by atoms with Gasteiger partial charge in [0.1, 0.15) is 4.88 Å². The molecule has 1 N–H and O–H groups in total. The Bertz CT molecular complexity index is 866. The first-order valence-electron chi connectivity index (χ1n) is 6.49. The number of thiazole rings is 1. The molecule has 7 heteroatoms. The van der Waals surface area contributed by atoms with Crippen LogP contribution in [-0.4, -0.2) is 34.7 Å². The van der Waals surface area contributed by atoms with E-state index >= 15 is 0 Å². The Labute approximate surface area is 130 Å². The number of aromatic nitrogens is 2. The first-order valence-corrected chi connectivity index (χ1v) is 7.31. The van der Waals surface area contributed by atoms with Crippen molar-refractivity contribution in [1.29, 1.82) is 0 Å². The number of carbonyl (C=O) groups is 1. The minimum atomic E-state index is -0.973. The second kappa shape index (κ2) is 5.34. The number of ether oxygens (including phenoxy) is 2. The fourth-order valence-corrected chi connectivity index (χ4v) is 3.40. The quantitative estimate of drug-likeness (QED) is 0.800. The van der Waals surface area contributed by atoms with Crippen molar-refractivity contribution in [3.05, 3.63) is 35.0 Å². The van der Waals surface area contributed by atoms with Crippen LogP contribution in [0, 0.1) is 6.92 Å². The number of nitrogens with zero attached hydrogens (tertiary/aromatic N) is 2. The number of carboxylic acid groups (broad SMARTS) is 1. The van der Waals surface area contributed by atoms with E-state index in [2.05, 4.69) is 4.98 Å². The SMILES string of the molecule is COc1ccc(-c2c(C(=O)O)sc3ncc(C)n23)cc1OC. The van der Waals surface area contributed by atoms with Crippen LogP contribution in [0.1, 0.15) is 15.4 Å². The smallest absolute Gasteiger partial charge is 0.348 e. The fourth-order valence-electron chi connectivity index (χ4n) is 2.39. The first-order chi connectivity index (χ1) is 10.6. The lowest BCUT2D eigenvalue weighted by Crippen LogP contribution is -1.99. The zero-order valence-electron chi connectivity index (χ0n) is 12.3. The maximum Gasteiger partial charge on any atom is 0.348 e. The van der Waals surface area contributed by atoms with Gasteiger partial charge in [0, 0.05) is 17.5 Å². The Kier molecular flexibility index (Phi) is 3.50.